The molecule has 1 aliphatic rings. The van der Waals surface area contributed by atoms with E-state index in [1.807, 2.05) is 12.1 Å². The van der Waals surface area contributed by atoms with E-state index in [0.717, 1.165) is 37.5 Å². The second-order valence-corrected chi connectivity index (χ2v) is 8.40. The number of carbonyl (C=O) groups excluding carboxylic acids is 1. The minimum absolute atomic E-state index is 0.312. The zero-order valence-corrected chi connectivity index (χ0v) is 18.0. The Kier molecular flexibility index (Phi) is 6.71. The van der Waals surface area contributed by atoms with Crippen molar-refractivity contribution in [2.24, 2.45) is 0 Å². The molecule has 3 heterocycles. The lowest BCUT2D eigenvalue weighted by molar-refractivity contribution is -0.137. The summed E-state index contributed by atoms with van der Waals surface area (Å²) in [6, 6.07) is 9.78. The molecule has 10 heteroatoms. The van der Waals surface area contributed by atoms with Crippen molar-refractivity contribution in [3.8, 4) is 10.6 Å². The first-order valence-corrected chi connectivity index (χ1v) is 11.1. The Balaban J connectivity index is 1.35. The largest absolute Gasteiger partial charge is 0.416 e. The highest BCUT2D eigenvalue weighted by Crippen LogP contribution is 2.32. The number of nitrogens with one attached hydrogen (secondary N) is 2. The van der Waals surface area contributed by atoms with E-state index in [1.54, 1.807) is 11.4 Å². The summed E-state index contributed by atoms with van der Waals surface area (Å²) in [6.07, 6.45) is -0.723. The minimum atomic E-state index is -4.38. The molecule has 32 heavy (non-hydrogen) atoms. The van der Waals surface area contributed by atoms with Crippen molar-refractivity contribution in [3.63, 3.8) is 0 Å². The number of hydrogen-bond donors (Lipinski definition) is 2. The number of nitrogens with zero attached hydrogens (tertiary/aromatic N) is 3. The second kappa shape index (κ2) is 9.66. The molecule has 0 radical (unpaired) electrons. The van der Waals surface area contributed by atoms with Gasteiger partial charge in [0.25, 0.3) is 0 Å². The molecule has 1 aliphatic heterocycles. The van der Waals surface area contributed by atoms with Gasteiger partial charge >= 0.3 is 12.2 Å². The van der Waals surface area contributed by atoms with E-state index in [1.165, 1.54) is 42.7 Å². The van der Waals surface area contributed by atoms with Crippen LogP contribution in [0.25, 0.3) is 10.6 Å². The van der Waals surface area contributed by atoms with Gasteiger partial charge in [-0.15, -0.1) is 11.3 Å². The van der Waals surface area contributed by atoms with Crippen LogP contribution in [0.1, 0.15) is 30.5 Å². The fourth-order valence-electron chi connectivity index (χ4n) is 3.51. The molecule has 0 bridgehead atoms. The summed E-state index contributed by atoms with van der Waals surface area (Å²) < 4.78 is 38.1. The number of benzene rings is 1. The standard InChI is InChI=1S/C22H22F3N5OS/c23-22(24,25)16-9-7-15(8-10-16)20-27-19(14-32-20)29-21(31)28-18-6-4-5-17(26-18)13-30-11-2-1-3-12-30/h4-10,14H,1-3,11-13H2,(H2,26,28,29,31). The van der Waals surface area contributed by atoms with E-state index in [4.69, 9.17) is 0 Å². The number of aromatic nitrogens is 2. The van der Waals surface area contributed by atoms with E-state index >= 15 is 0 Å². The van der Waals surface area contributed by atoms with Crippen LogP contribution in [-0.2, 0) is 12.7 Å². The molecule has 168 valence electrons. The van der Waals surface area contributed by atoms with Gasteiger partial charge in [0.2, 0.25) is 0 Å². The number of likely N-dealkylation sites (tertiary alicyclic amines) is 1. The summed E-state index contributed by atoms with van der Waals surface area (Å²) in [5.41, 5.74) is 0.719. The van der Waals surface area contributed by atoms with Crippen LogP contribution < -0.4 is 10.6 Å². The van der Waals surface area contributed by atoms with Crippen LogP contribution in [0.3, 0.4) is 0 Å². The number of rotatable bonds is 5. The number of pyridine rings is 1. The molecule has 6 nitrogen and oxygen atoms in total. The van der Waals surface area contributed by atoms with Gasteiger partial charge in [-0.3, -0.25) is 15.5 Å². The molecule has 2 N–H and O–H groups in total. The maximum absolute atomic E-state index is 12.7. The van der Waals surface area contributed by atoms with Crippen LogP contribution in [0.4, 0.5) is 29.6 Å². The molecule has 4 rings (SSSR count). The Morgan fingerprint density at radius 1 is 0.969 bits per heavy atom. The van der Waals surface area contributed by atoms with Crippen molar-refractivity contribution in [3.05, 3.63) is 59.1 Å². The highest BCUT2D eigenvalue weighted by atomic mass is 32.1. The monoisotopic (exact) mass is 461 g/mol. The predicted octanol–water partition coefficient (Wildman–Crippen LogP) is 5.85. The fraction of sp³-hybridized carbons (Fsp3) is 0.318. The summed E-state index contributed by atoms with van der Waals surface area (Å²) in [6.45, 7) is 2.87. The molecule has 1 fully saturated rings. The highest BCUT2D eigenvalue weighted by Gasteiger charge is 2.30. The normalized spacial score (nSPS) is 14.8. The van der Waals surface area contributed by atoms with Gasteiger partial charge < -0.3 is 0 Å². The van der Waals surface area contributed by atoms with Crippen molar-refractivity contribution >= 4 is 29.0 Å². The Morgan fingerprint density at radius 2 is 1.69 bits per heavy atom. The molecule has 0 unspecified atom stereocenters. The minimum Gasteiger partial charge on any atom is -0.298 e. The molecular weight excluding hydrogens is 439 g/mol. The number of anilines is 2. The lowest BCUT2D eigenvalue weighted by atomic mass is 10.1. The average Bonchev–Trinajstić information content (AvgIpc) is 3.22. The molecule has 0 aliphatic carbocycles. The van der Waals surface area contributed by atoms with Crippen LogP contribution >= 0.6 is 11.3 Å². The lowest BCUT2D eigenvalue weighted by Crippen LogP contribution is -2.29. The molecule has 2 amide bonds. The number of halogens is 3. The predicted molar refractivity (Wildman–Crippen MR) is 119 cm³/mol. The zero-order valence-electron chi connectivity index (χ0n) is 17.2. The van der Waals surface area contributed by atoms with E-state index < -0.39 is 17.8 Å². The first kappa shape index (κ1) is 22.2. The molecule has 0 saturated carbocycles. The number of carbonyl (C=O) groups is 1. The van der Waals surface area contributed by atoms with Crippen LogP contribution in [-0.4, -0.2) is 34.0 Å². The first-order valence-electron chi connectivity index (χ1n) is 10.3. The van der Waals surface area contributed by atoms with E-state index in [2.05, 4.69) is 25.5 Å². The number of alkyl halides is 3. The number of thiazole rings is 1. The number of piperidine rings is 1. The lowest BCUT2D eigenvalue weighted by Gasteiger charge is -2.26. The Labute approximate surface area is 187 Å². The Morgan fingerprint density at radius 3 is 2.41 bits per heavy atom. The summed E-state index contributed by atoms with van der Waals surface area (Å²) in [7, 11) is 0. The molecular formula is C22H22F3N5OS. The summed E-state index contributed by atoms with van der Waals surface area (Å²) >= 11 is 1.23. The van der Waals surface area contributed by atoms with E-state index in [0.29, 0.717) is 22.2 Å². The van der Waals surface area contributed by atoms with Crippen molar-refractivity contribution in [1.82, 2.24) is 14.9 Å². The van der Waals surface area contributed by atoms with Gasteiger partial charge in [-0.05, 0) is 50.2 Å². The molecule has 2 aromatic heterocycles. The number of urea groups is 1. The topological polar surface area (TPSA) is 70.2 Å². The molecule has 3 aromatic rings. The smallest absolute Gasteiger partial charge is 0.298 e. The van der Waals surface area contributed by atoms with Crippen LogP contribution in [0.2, 0.25) is 0 Å². The first-order chi connectivity index (χ1) is 15.4. The highest BCUT2D eigenvalue weighted by molar-refractivity contribution is 7.13. The maximum atomic E-state index is 12.7. The molecule has 0 spiro atoms. The second-order valence-electron chi connectivity index (χ2n) is 7.54. The average molecular weight is 462 g/mol. The van der Waals surface area contributed by atoms with Crippen LogP contribution in [0.15, 0.2) is 47.8 Å². The molecule has 1 aromatic carbocycles. The van der Waals surface area contributed by atoms with Gasteiger partial charge in [-0.2, -0.15) is 13.2 Å². The molecule has 0 atom stereocenters. The van der Waals surface area contributed by atoms with Gasteiger partial charge in [0.05, 0.1) is 11.3 Å². The third-order valence-electron chi connectivity index (χ3n) is 5.09. The SMILES string of the molecule is O=C(Nc1cccc(CN2CCCCC2)n1)Nc1csc(-c2ccc(C(F)(F)F)cc2)n1. The van der Waals surface area contributed by atoms with E-state index in [9.17, 15) is 18.0 Å². The third kappa shape index (κ3) is 5.83. The van der Waals surface area contributed by atoms with Gasteiger partial charge in [0.1, 0.15) is 16.6 Å². The quantitative estimate of drug-likeness (QED) is 0.500. The van der Waals surface area contributed by atoms with Gasteiger partial charge in [-0.25, -0.2) is 14.8 Å². The van der Waals surface area contributed by atoms with Crippen molar-refractivity contribution < 1.29 is 18.0 Å². The molecule has 1 saturated heterocycles. The van der Waals surface area contributed by atoms with Crippen molar-refractivity contribution in [2.45, 2.75) is 32.0 Å². The van der Waals surface area contributed by atoms with Gasteiger partial charge in [0, 0.05) is 17.5 Å². The van der Waals surface area contributed by atoms with Crippen molar-refractivity contribution in [2.75, 3.05) is 23.7 Å². The summed E-state index contributed by atoms with van der Waals surface area (Å²) in [5.74, 6) is 0.752. The zero-order chi connectivity index (χ0) is 22.6. The number of hydrogen-bond acceptors (Lipinski definition) is 5. The van der Waals surface area contributed by atoms with Crippen LogP contribution in [0.5, 0.6) is 0 Å². The van der Waals surface area contributed by atoms with Crippen LogP contribution in [0, 0.1) is 0 Å². The van der Waals surface area contributed by atoms with Crippen molar-refractivity contribution in [1.29, 1.82) is 0 Å². The van der Waals surface area contributed by atoms with Gasteiger partial charge in [0.15, 0.2) is 0 Å². The maximum Gasteiger partial charge on any atom is 0.416 e. The van der Waals surface area contributed by atoms with E-state index in [-0.39, 0.29) is 0 Å². The van der Waals surface area contributed by atoms with Gasteiger partial charge in [-0.1, -0.05) is 24.6 Å². The fourth-order valence-corrected chi connectivity index (χ4v) is 4.27. The summed E-state index contributed by atoms with van der Waals surface area (Å²) in [5, 5.41) is 7.48. The number of amides is 2. The Hall–Kier alpha value is -2.98. The third-order valence-corrected chi connectivity index (χ3v) is 5.98. The summed E-state index contributed by atoms with van der Waals surface area (Å²) in [4.78, 5) is 23.5. The Bertz CT molecular complexity index is 1060.